The summed E-state index contributed by atoms with van der Waals surface area (Å²) in [5.74, 6) is 0. The van der Waals surface area contributed by atoms with Gasteiger partial charge < -0.3 is 10.3 Å². The minimum Gasteiger partial charge on any atom is -0.364 e. The second kappa shape index (κ2) is 5.61. The molecule has 0 saturated heterocycles. The van der Waals surface area contributed by atoms with E-state index in [1.807, 2.05) is 19.2 Å². The summed E-state index contributed by atoms with van der Waals surface area (Å²) in [5.41, 5.74) is 1.25. The number of aromatic amines is 1. The molecule has 1 rings (SSSR count). The van der Waals surface area contributed by atoms with E-state index in [0.717, 1.165) is 19.5 Å². The quantitative estimate of drug-likeness (QED) is 0.506. The van der Waals surface area contributed by atoms with Gasteiger partial charge in [0.05, 0.1) is 0 Å². The van der Waals surface area contributed by atoms with Crippen LogP contribution in [0.15, 0.2) is 30.5 Å². The topological polar surface area (TPSA) is 27.8 Å². The van der Waals surface area contributed by atoms with E-state index in [-0.39, 0.29) is 0 Å². The van der Waals surface area contributed by atoms with E-state index in [1.165, 1.54) is 5.69 Å². The molecule has 2 nitrogen and oxygen atoms in total. The molecule has 0 aliphatic carbocycles. The average molecular weight is 164 g/mol. The van der Waals surface area contributed by atoms with Crippen molar-refractivity contribution in [2.75, 3.05) is 6.54 Å². The van der Waals surface area contributed by atoms with Crippen molar-refractivity contribution in [1.29, 1.82) is 0 Å². The molecule has 0 aliphatic heterocycles. The third-order valence-corrected chi connectivity index (χ3v) is 1.70. The highest BCUT2D eigenvalue weighted by atomic mass is 14.9. The van der Waals surface area contributed by atoms with Crippen molar-refractivity contribution in [3.8, 4) is 0 Å². The first kappa shape index (κ1) is 9.07. The van der Waals surface area contributed by atoms with Crippen LogP contribution in [0.3, 0.4) is 0 Å². The fourth-order valence-electron chi connectivity index (χ4n) is 1.05. The van der Waals surface area contributed by atoms with E-state index in [2.05, 4.69) is 28.5 Å². The van der Waals surface area contributed by atoms with Crippen molar-refractivity contribution in [3.63, 3.8) is 0 Å². The molecule has 0 unspecified atom stereocenters. The van der Waals surface area contributed by atoms with Crippen molar-refractivity contribution in [3.05, 3.63) is 36.2 Å². The van der Waals surface area contributed by atoms with Gasteiger partial charge >= 0.3 is 0 Å². The summed E-state index contributed by atoms with van der Waals surface area (Å²) in [6, 6.07) is 4.10. The first-order chi connectivity index (χ1) is 5.93. The van der Waals surface area contributed by atoms with Crippen LogP contribution < -0.4 is 5.32 Å². The molecule has 12 heavy (non-hydrogen) atoms. The molecule has 0 aliphatic rings. The van der Waals surface area contributed by atoms with Gasteiger partial charge in [-0.2, -0.15) is 0 Å². The zero-order chi connectivity index (χ0) is 8.65. The lowest BCUT2D eigenvalue weighted by Crippen LogP contribution is -2.14. The largest absolute Gasteiger partial charge is 0.364 e. The standard InChI is InChI=1S/C10H16N2/c1-2-3-4-7-11-9-10-6-5-8-12-10/h2-3,5-6,8,11-12H,4,7,9H2,1H3/b3-2+. The van der Waals surface area contributed by atoms with Crippen LogP contribution in [0.4, 0.5) is 0 Å². The summed E-state index contributed by atoms with van der Waals surface area (Å²) in [5, 5.41) is 3.34. The molecule has 0 radical (unpaired) electrons. The molecule has 1 aromatic heterocycles. The maximum atomic E-state index is 3.34. The minimum atomic E-state index is 0.935. The monoisotopic (exact) mass is 164 g/mol. The third-order valence-electron chi connectivity index (χ3n) is 1.70. The molecule has 0 spiro atoms. The Labute approximate surface area is 73.7 Å². The maximum absolute atomic E-state index is 3.34. The molecule has 1 heterocycles. The van der Waals surface area contributed by atoms with E-state index >= 15 is 0 Å². The van der Waals surface area contributed by atoms with Crippen molar-refractivity contribution in [1.82, 2.24) is 10.3 Å². The summed E-state index contributed by atoms with van der Waals surface area (Å²) in [7, 11) is 0. The first-order valence-corrected chi connectivity index (χ1v) is 4.37. The second-order valence-electron chi connectivity index (χ2n) is 2.73. The Bertz CT molecular complexity index is 212. The molecule has 0 amide bonds. The molecular formula is C10H16N2. The van der Waals surface area contributed by atoms with E-state index in [4.69, 9.17) is 0 Å². The Morgan fingerprint density at radius 1 is 1.58 bits per heavy atom. The highest BCUT2D eigenvalue weighted by molar-refractivity contribution is 5.02. The Kier molecular flexibility index (Phi) is 4.24. The Morgan fingerprint density at radius 3 is 3.17 bits per heavy atom. The summed E-state index contributed by atoms with van der Waals surface area (Å²) < 4.78 is 0. The first-order valence-electron chi connectivity index (χ1n) is 4.37. The van der Waals surface area contributed by atoms with Crippen LogP contribution in [-0.2, 0) is 6.54 Å². The number of aromatic nitrogens is 1. The molecule has 0 aromatic carbocycles. The van der Waals surface area contributed by atoms with E-state index in [1.54, 1.807) is 0 Å². The Balaban J connectivity index is 2.03. The smallest absolute Gasteiger partial charge is 0.0357 e. The maximum Gasteiger partial charge on any atom is 0.0357 e. The predicted octanol–water partition coefficient (Wildman–Crippen LogP) is 2.07. The SMILES string of the molecule is C/C=C/CCNCc1ccc[nH]1. The van der Waals surface area contributed by atoms with Crippen LogP contribution in [0.5, 0.6) is 0 Å². The van der Waals surface area contributed by atoms with Crippen molar-refractivity contribution < 1.29 is 0 Å². The van der Waals surface area contributed by atoms with Gasteiger partial charge in [-0.1, -0.05) is 12.2 Å². The van der Waals surface area contributed by atoms with Gasteiger partial charge in [-0.05, 0) is 32.0 Å². The number of hydrogen-bond acceptors (Lipinski definition) is 1. The van der Waals surface area contributed by atoms with Gasteiger partial charge in [0.25, 0.3) is 0 Å². The fraction of sp³-hybridized carbons (Fsp3) is 0.400. The molecule has 0 saturated carbocycles. The van der Waals surface area contributed by atoms with Crippen LogP contribution in [0.25, 0.3) is 0 Å². The molecule has 0 atom stereocenters. The zero-order valence-corrected chi connectivity index (χ0v) is 7.51. The van der Waals surface area contributed by atoms with Gasteiger partial charge in [0.1, 0.15) is 0 Å². The lowest BCUT2D eigenvalue weighted by molar-refractivity contribution is 0.685. The Hall–Kier alpha value is -1.02. The third kappa shape index (κ3) is 3.39. The molecule has 0 fully saturated rings. The van der Waals surface area contributed by atoms with Crippen LogP contribution in [0.1, 0.15) is 19.0 Å². The summed E-state index contributed by atoms with van der Waals surface area (Å²) in [6.07, 6.45) is 7.30. The Morgan fingerprint density at radius 2 is 2.50 bits per heavy atom. The molecule has 2 heteroatoms. The highest BCUT2D eigenvalue weighted by Gasteiger charge is 1.89. The van der Waals surface area contributed by atoms with E-state index < -0.39 is 0 Å². The number of H-pyrrole nitrogens is 1. The number of nitrogens with one attached hydrogen (secondary N) is 2. The zero-order valence-electron chi connectivity index (χ0n) is 7.51. The van der Waals surface area contributed by atoms with Gasteiger partial charge in [0.2, 0.25) is 0 Å². The van der Waals surface area contributed by atoms with Gasteiger partial charge in [0, 0.05) is 18.4 Å². The van der Waals surface area contributed by atoms with Crippen LogP contribution in [-0.4, -0.2) is 11.5 Å². The summed E-state index contributed by atoms with van der Waals surface area (Å²) in [4.78, 5) is 3.15. The minimum absolute atomic E-state index is 0.935. The van der Waals surface area contributed by atoms with Gasteiger partial charge in [0.15, 0.2) is 0 Å². The molecular weight excluding hydrogens is 148 g/mol. The van der Waals surface area contributed by atoms with Crippen LogP contribution in [0, 0.1) is 0 Å². The lowest BCUT2D eigenvalue weighted by Gasteiger charge is -1.99. The fourth-order valence-corrected chi connectivity index (χ4v) is 1.05. The summed E-state index contributed by atoms with van der Waals surface area (Å²) in [6.45, 7) is 4.03. The molecule has 1 aromatic rings. The molecule has 2 N–H and O–H groups in total. The van der Waals surface area contributed by atoms with Crippen molar-refractivity contribution in [2.24, 2.45) is 0 Å². The van der Waals surface area contributed by atoms with Crippen LogP contribution in [0.2, 0.25) is 0 Å². The van der Waals surface area contributed by atoms with Gasteiger partial charge in [-0.15, -0.1) is 0 Å². The average Bonchev–Trinajstić information content (AvgIpc) is 2.57. The molecule has 0 bridgehead atoms. The van der Waals surface area contributed by atoms with Gasteiger partial charge in [-0.3, -0.25) is 0 Å². The van der Waals surface area contributed by atoms with Crippen molar-refractivity contribution in [2.45, 2.75) is 19.9 Å². The van der Waals surface area contributed by atoms with E-state index in [9.17, 15) is 0 Å². The summed E-state index contributed by atoms with van der Waals surface area (Å²) >= 11 is 0. The van der Waals surface area contributed by atoms with Gasteiger partial charge in [-0.25, -0.2) is 0 Å². The predicted molar refractivity (Wildman–Crippen MR) is 51.9 cm³/mol. The van der Waals surface area contributed by atoms with Crippen LogP contribution >= 0.6 is 0 Å². The molecule has 66 valence electrons. The number of hydrogen-bond donors (Lipinski definition) is 2. The number of rotatable bonds is 5. The second-order valence-corrected chi connectivity index (χ2v) is 2.73. The van der Waals surface area contributed by atoms with Crippen molar-refractivity contribution >= 4 is 0 Å². The number of allylic oxidation sites excluding steroid dienone is 1. The highest BCUT2D eigenvalue weighted by Crippen LogP contribution is 1.92. The van der Waals surface area contributed by atoms with E-state index in [0.29, 0.717) is 0 Å². The normalized spacial score (nSPS) is 11.1. The lowest BCUT2D eigenvalue weighted by atomic mass is 10.3.